The van der Waals surface area contributed by atoms with Crippen LogP contribution in [0.15, 0.2) is 46.0 Å². The van der Waals surface area contributed by atoms with Crippen molar-refractivity contribution in [3.8, 4) is 5.88 Å². The average molecular weight is 332 g/mol. The highest BCUT2D eigenvalue weighted by atomic mass is 16.5. The molecule has 0 saturated heterocycles. The van der Waals surface area contributed by atoms with E-state index < -0.39 is 0 Å². The lowest BCUT2D eigenvalue weighted by atomic mass is 10.3. The van der Waals surface area contributed by atoms with Crippen LogP contribution in [-0.2, 0) is 17.9 Å². The van der Waals surface area contributed by atoms with Gasteiger partial charge in [0.25, 0.3) is 0 Å². The smallest absolute Gasteiger partial charge is 0.213 e. The number of guanidine groups is 1. The number of aromatic nitrogens is 1. The zero-order chi connectivity index (χ0) is 17.0. The number of ether oxygens (including phenoxy) is 2. The molecular formula is C17H24N4O3. The molecule has 0 aliphatic rings. The summed E-state index contributed by atoms with van der Waals surface area (Å²) in [7, 11) is 3.34. The van der Waals surface area contributed by atoms with Crippen molar-refractivity contribution < 1.29 is 13.9 Å². The summed E-state index contributed by atoms with van der Waals surface area (Å²) in [5.41, 5.74) is 0.888. The first kappa shape index (κ1) is 17.8. The minimum atomic E-state index is 0.501. The largest absolute Gasteiger partial charge is 0.481 e. The Morgan fingerprint density at radius 1 is 1.25 bits per heavy atom. The number of methoxy groups -OCH3 is 1. The van der Waals surface area contributed by atoms with Gasteiger partial charge in [0.2, 0.25) is 5.88 Å². The molecule has 0 bridgehead atoms. The van der Waals surface area contributed by atoms with Crippen LogP contribution in [0.25, 0.3) is 0 Å². The topological polar surface area (TPSA) is 80.9 Å². The van der Waals surface area contributed by atoms with Crippen molar-refractivity contribution in [2.75, 3.05) is 27.3 Å². The third-order valence-corrected chi connectivity index (χ3v) is 3.23. The van der Waals surface area contributed by atoms with Gasteiger partial charge < -0.3 is 24.5 Å². The molecule has 2 N–H and O–H groups in total. The molecule has 0 spiro atoms. The Morgan fingerprint density at radius 3 is 2.92 bits per heavy atom. The zero-order valence-electron chi connectivity index (χ0n) is 14.1. The van der Waals surface area contributed by atoms with Gasteiger partial charge in [0.15, 0.2) is 5.96 Å². The van der Waals surface area contributed by atoms with Gasteiger partial charge in [-0.15, -0.1) is 0 Å². The Labute approximate surface area is 142 Å². The molecule has 2 aromatic rings. The van der Waals surface area contributed by atoms with E-state index >= 15 is 0 Å². The van der Waals surface area contributed by atoms with Crippen LogP contribution in [0.3, 0.4) is 0 Å². The van der Waals surface area contributed by atoms with Crippen LogP contribution in [0.4, 0.5) is 0 Å². The van der Waals surface area contributed by atoms with E-state index in [0.717, 1.165) is 30.4 Å². The molecule has 2 heterocycles. The molecule has 0 amide bonds. The number of hydrogen-bond donors (Lipinski definition) is 2. The molecule has 7 nitrogen and oxygen atoms in total. The number of rotatable bonds is 9. The molecule has 7 heteroatoms. The van der Waals surface area contributed by atoms with Gasteiger partial charge >= 0.3 is 0 Å². The number of hydrogen-bond acceptors (Lipinski definition) is 5. The molecule has 0 radical (unpaired) electrons. The average Bonchev–Trinajstić information content (AvgIpc) is 3.14. The van der Waals surface area contributed by atoms with Gasteiger partial charge in [0.05, 0.1) is 25.6 Å². The summed E-state index contributed by atoms with van der Waals surface area (Å²) in [5, 5.41) is 6.45. The second-order valence-corrected chi connectivity index (χ2v) is 5.01. The Balaban J connectivity index is 1.60. The van der Waals surface area contributed by atoms with Crippen molar-refractivity contribution in [3.05, 3.63) is 48.0 Å². The van der Waals surface area contributed by atoms with Crippen molar-refractivity contribution in [3.63, 3.8) is 0 Å². The van der Waals surface area contributed by atoms with Crippen LogP contribution >= 0.6 is 0 Å². The van der Waals surface area contributed by atoms with E-state index in [4.69, 9.17) is 13.9 Å². The lowest BCUT2D eigenvalue weighted by molar-refractivity contribution is 0.105. The molecule has 0 atom stereocenters. The molecule has 2 aromatic heterocycles. The van der Waals surface area contributed by atoms with E-state index in [9.17, 15) is 0 Å². The van der Waals surface area contributed by atoms with Crippen LogP contribution in [0, 0.1) is 0 Å². The van der Waals surface area contributed by atoms with E-state index in [1.807, 2.05) is 30.3 Å². The first-order valence-corrected chi connectivity index (χ1v) is 7.86. The van der Waals surface area contributed by atoms with Gasteiger partial charge in [0.1, 0.15) is 12.4 Å². The number of aliphatic imine (C=N–C) groups is 1. The van der Waals surface area contributed by atoms with Crippen LogP contribution in [0.5, 0.6) is 5.88 Å². The molecule has 0 fully saturated rings. The quantitative estimate of drug-likeness (QED) is 0.415. The number of nitrogens with one attached hydrogen (secondary N) is 2. The standard InChI is InChI=1S/C17H24N4O3/c1-18-17(20-12-14-6-3-8-16(21-14)22-2)19-9-5-10-23-13-15-7-4-11-24-15/h3-4,6-8,11H,5,9-10,12-13H2,1-2H3,(H2,18,19,20). The fraction of sp³-hybridized carbons (Fsp3) is 0.412. The molecule has 0 aliphatic heterocycles. The van der Waals surface area contributed by atoms with Crippen molar-refractivity contribution in [2.45, 2.75) is 19.6 Å². The van der Waals surface area contributed by atoms with Crippen molar-refractivity contribution >= 4 is 5.96 Å². The molecular weight excluding hydrogens is 308 g/mol. The van der Waals surface area contributed by atoms with Crippen molar-refractivity contribution in [1.82, 2.24) is 15.6 Å². The van der Waals surface area contributed by atoms with Gasteiger partial charge in [-0.1, -0.05) is 6.07 Å². The normalized spacial score (nSPS) is 11.3. The van der Waals surface area contributed by atoms with E-state index in [-0.39, 0.29) is 0 Å². The third kappa shape index (κ3) is 6.29. The second kappa shape index (κ2) is 10.3. The molecule has 24 heavy (non-hydrogen) atoms. The van der Waals surface area contributed by atoms with Crippen molar-refractivity contribution in [2.24, 2.45) is 4.99 Å². The summed E-state index contributed by atoms with van der Waals surface area (Å²) in [6.07, 6.45) is 2.52. The highest BCUT2D eigenvalue weighted by Crippen LogP contribution is 2.06. The maximum absolute atomic E-state index is 5.53. The number of furan rings is 1. The van der Waals surface area contributed by atoms with Gasteiger partial charge in [-0.05, 0) is 24.6 Å². The maximum Gasteiger partial charge on any atom is 0.213 e. The van der Waals surface area contributed by atoms with E-state index in [0.29, 0.717) is 25.6 Å². The lowest BCUT2D eigenvalue weighted by Crippen LogP contribution is -2.37. The van der Waals surface area contributed by atoms with Gasteiger partial charge in [-0.3, -0.25) is 4.99 Å². The fourth-order valence-corrected chi connectivity index (χ4v) is 2.01. The Bertz CT molecular complexity index is 614. The van der Waals surface area contributed by atoms with Gasteiger partial charge in [-0.2, -0.15) is 0 Å². The maximum atomic E-state index is 5.53. The molecule has 130 valence electrons. The van der Waals surface area contributed by atoms with E-state index in [1.54, 1.807) is 20.4 Å². The minimum Gasteiger partial charge on any atom is -0.481 e. The molecule has 0 unspecified atom stereocenters. The summed E-state index contributed by atoms with van der Waals surface area (Å²) < 4.78 is 15.8. The summed E-state index contributed by atoms with van der Waals surface area (Å²) in [6.45, 7) is 2.50. The van der Waals surface area contributed by atoms with Gasteiger partial charge in [0, 0.05) is 26.3 Å². The molecule has 2 rings (SSSR count). The Hall–Kier alpha value is -2.54. The highest BCUT2D eigenvalue weighted by molar-refractivity contribution is 5.79. The second-order valence-electron chi connectivity index (χ2n) is 5.01. The monoisotopic (exact) mass is 332 g/mol. The predicted molar refractivity (Wildman–Crippen MR) is 92.0 cm³/mol. The summed E-state index contributed by atoms with van der Waals surface area (Å²) in [5.74, 6) is 2.17. The lowest BCUT2D eigenvalue weighted by Gasteiger charge is -2.12. The van der Waals surface area contributed by atoms with E-state index in [1.165, 1.54) is 0 Å². The minimum absolute atomic E-state index is 0.501. The number of pyridine rings is 1. The first-order valence-electron chi connectivity index (χ1n) is 7.86. The molecule has 0 aliphatic carbocycles. The zero-order valence-corrected chi connectivity index (χ0v) is 14.1. The molecule has 0 aromatic carbocycles. The summed E-state index contributed by atoms with van der Waals surface area (Å²) in [4.78, 5) is 8.53. The summed E-state index contributed by atoms with van der Waals surface area (Å²) in [6, 6.07) is 9.42. The number of nitrogens with zero attached hydrogens (tertiary/aromatic N) is 2. The van der Waals surface area contributed by atoms with Crippen LogP contribution in [0.2, 0.25) is 0 Å². The first-order chi connectivity index (χ1) is 11.8. The highest BCUT2D eigenvalue weighted by Gasteiger charge is 2.01. The molecule has 0 saturated carbocycles. The summed E-state index contributed by atoms with van der Waals surface area (Å²) >= 11 is 0. The van der Waals surface area contributed by atoms with Crippen LogP contribution in [0.1, 0.15) is 17.9 Å². The Kier molecular flexibility index (Phi) is 7.62. The predicted octanol–water partition coefficient (Wildman–Crippen LogP) is 1.96. The van der Waals surface area contributed by atoms with Gasteiger partial charge in [-0.25, -0.2) is 4.98 Å². The SMILES string of the molecule is CN=C(NCCCOCc1ccco1)NCc1cccc(OC)n1. The van der Waals surface area contributed by atoms with Crippen LogP contribution < -0.4 is 15.4 Å². The third-order valence-electron chi connectivity index (χ3n) is 3.23. The van der Waals surface area contributed by atoms with E-state index in [2.05, 4.69) is 20.6 Å². The van der Waals surface area contributed by atoms with Crippen molar-refractivity contribution in [1.29, 1.82) is 0 Å². The van der Waals surface area contributed by atoms with Crippen LogP contribution in [-0.4, -0.2) is 38.3 Å². The fourth-order valence-electron chi connectivity index (χ4n) is 2.01. The Morgan fingerprint density at radius 2 is 2.17 bits per heavy atom.